The van der Waals surface area contributed by atoms with Crippen molar-refractivity contribution in [3.05, 3.63) is 30.5 Å². The number of carbonyl (C=O) groups excluding carboxylic acids is 2. The summed E-state index contributed by atoms with van der Waals surface area (Å²) in [5, 5.41) is 3.87. The standard InChI is InChI=1S/C18H24N4O3/c19-6-1-2-17(23)20-15-3-4-16-14(12-15)5-7-22(16)13-18(24)21-8-10-25-11-9-21/h3-5,7,12H,1-2,6,8-11,13,19H2,(H,20,23). The van der Waals surface area contributed by atoms with Crippen LogP contribution in [-0.2, 0) is 20.9 Å². The van der Waals surface area contributed by atoms with Crippen molar-refractivity contribution in [2.24, 2.45) is 5.73 Å². The van der Waals surface area contributed by atoms with E-state index in [1.165, 1.54) is 0 Å². The molecule has 0 unspecified atom stereocenters. The highest BCUT2D eigenvalue weighted by Gasteiger charge is 2.17. The van der Waals surface area contributed by atoms with Crippen LogP contribution in [0.1, 0.15) is 12.8 Å². The van der Waals surface area contributed by atoms with E-state index in [4.69, 9.17) is 10.5 Å². The van der Waals surface area contributed by atoms with Crippen molar-refractivity contribution in [2.45, 2.75) is 19.4 Å². The summed E-state index contributed by atoms with van der Waals surface area (Å²) in [6.45, 7) is 3.32. The Kier molecular flexibility index (Phi) is 5.67. The van der Waals surface area contributed by atoms with Crippen LogP contribution in [0.25, 0.3) is 10.9 Å². The second kappa shape index (κ2) is 8.13. The topological polar surface area (TPSA) is 89.6 Å². The van der Waals surface area contributed by atoms with Crippen LogP contribution in [0, 0.1) is 0 Å². The molecule has 1 aromatic carbocycles. The van der Waals surface area contributed by atoms with Crippen LogP contribution in [0.15, 0.2) is 30.5 Å². The van der Waals surface area contributed by atoms with Crippen LogP contribution in [0.5, 0.6) is 0 Å². The maximum Gasteiger partial charge on any atom is 0.242 e. The molecule has 0 aliphatic carbocycles. The lowest BCUT2D eigenvalue weighted by Crippen LogP contribution is -2.42. The molecule has 0 atom stereocenters. The van der Waals surface area contributed by atoms with E-state index in [9.17, 15) is 9.59 Å². The predicted molar refractivity (Wildman–Crippen MR) is 96.3 cm³/mol. The van der Waals surface area contributed by atoms with Crippen molar-refractivity contribution in [3.63, 3.8) is 0 Å². The van der Waals surface area contributed by atoms with Crippen LogP contribution < -0.4 is 11.1 Å². The number of ether oxygens (including phenoxy) is 1. The van der Waals surface area contributed by atoms with Crippen LogP contribution in [0.3, 0.4) is 0 Å². The second-order valence-corrected chi connectivity index (χ2v) is 6.15. The van der Waals surface area contributed by atoms with Crippen molar-refractivity contribution >= 4 is 28.4 Å². The first-order valence-corrected chi connectivity index (χ1v) is 8.62. The van der Waals surface area contributed by atoms with E-state index in [1.54, 1.807) is 0 Å². The molecule has 2 aromatic rings. The van der Waals surface area contributed by atoms with Gasteiger partial charge in [-0.2, -0.15) is 0 Å². The number of benzene rings is 1. The number of nitrogens with two attached hydrogens (primary N) is 1. The SMILES string of the molecule is NCCCC(=O)Nc1ccc2c(ccn2CC(=O)N2CCOCC2)c1. The number of rotatable bonds is 6. The van der Waals surface area contributed by atoms with Gasteiger partial charge in [0.1, 0.15) is 6.54 Å². The van der Waals surface area contributed by atoms with E-state index in [0.29, 0.717) is 52.2 Å². The highest BCUT2D eigenvalue weighted by atomic mass is 16.5. The van der Waals surface area contributed by atoms with Crippen molar-refractivity contribution in [1.29, 1.82) is 0 Å². The third-order valence-corrected chi connectivity index (χ3v) is 4.33. The molecule has 7 heteroatoms. The van der Waals surface area contributed by atoms with E-state index in [0.717, 1.165) is 16.6 Å². The van der Waals surface area contributed by atoms with Gasteiger partial charge >= 0.3 is 0 Å². The number of hydrogen-bond acceptors (Lipinski definition) is 4. The average molecular weight is 344 g/mol. The Labute approximate surface area is 146 Å². The lowest BCUT2D eigenvalue weighted by molar-refractivity contribution is -0.135. The Morgan fingerprint density at radius 1 is 1.20 bits per heavy atom. The lowest BCUT2D eigenvalue weighted by atomic mass is 10.2. The van der Waals surface area contributed by atoms with Gasteiger partial charge in [-0.1, -0.05) is 0 Å². The highest BCUT2D eigenvalue weighted by molar-refractivity contribution is 5.94. The fourth-order valence-corrected chi connectivity index (χ4v) is 2.96. The van der Waals surface area contributed by atoms with Crippen molar-refractivity contribution in [2.75, 3.05) is 38.2 Å². The van der Waals surface area contributed by atoms with Gasteiger partial charge in [0.15, 0.2) is 0 Å². The van der Waals surface area contributed by atoms with E-state index >= 15 is 0 Å². The molecule has 7 nitrogen and oxygen atoms in total. The molecule has 1 aliphatic rings. The molecular weight excluding hydrogens is 320 g/mol. The van der Waals surface area contributed by atoms with Gasteiger partial charge in [-0.15, -0.1) is 0 Å². The molecule has 134 valence electrons. The number of aromatic nitrogens is 1. The molecule has 3 rings (SSSR count). The molecule has 1 aliphatic heterocycles. The highest BCUT2D eigenvalue weighted by Crippen LogP contribution is 2.21. The van der Waals surface area contributed by atoms with E-state index in [1.807, 2.05) is 39.9 Å². The molecule has 0 saturated carbocycles. The van der Waals surface area contributed by atoms with E-state index in [-0.39, 0.29) is 11.8 Å². The fourth-order valence-electron chi connectivity index (χ4n) is 2.96. The monoisotopic (exact) mass is 344 g/mol. The molecule has 3 N–H and O–H groups in total. The number of hydrogen-bond donors (Lipinski definition) is 2. The third-order valence-electron chi connectivity index (χ3n) is 4.33. The Balaban J connectivity index is 1.67. The predicted octanol–water partition coefficient (Wildman–Crippen LogP) is 1.18. The zero-order chi connectivity index (χ0) is 17.6. The van der Waals surface area contributed by atoms with Gasteiger partial charge in [0.25, 0.3) is 0 Å². The Hall–Kier alpha value is -2.38. The summed E-state index contributed by atoms with van der Waals surface area (Å²) in [5.74, 6) is 0.0618. The minimum absolute atomic E-state index is 0.0354. The van der Waals surface area contributed by atoms with Crippen molar-refractivity contribution in [1.82, 2.24) is 9.47 Å². The number of fused-ring (bicyclic) bond motifs is 1. The number of anilines is 1. The number of nitrogens with one attached hydrogen (secondary N) is 1. The second-order valence-electron chi connectivity index (χ2n) is 6.15. The van der Waals surface area contributed by atoms with Crippen LogP contribution in [-0.4, -0.2) is 54.1 Å². The molecule has 2 amide bonds. The first-order valence-electron chi connectivity index (χ1n) is 8.62. The van der Waals surface area contributed by atoms with Gasteiger partial charge in [-0.25, -0.2) is 0 Å². The van der Waals surface area contributed by atoms with E-state index < -0.39 is 0 Å². The Morgan fingerprint density at radius 3 is 2.76 bits per heavy atom. The Morgan fingerprint density at radius 2 is 2.00 bits per heavy atom. The largest absolute Gasteiger partial charge is 0.378 e. The first-order chi connectivity index (χ1) is 12.2. The normalized spacial score (nSPS) is 14.7. The van der Waals surface area contributed by atoms with Crippen LogP contribution in [0.2, 0.25) is 0 Å². The summed E-state index contributed by atoms with van der Waals surface area (Å²) in [7, 11) is 0. The summed E-state index contributed by atoms with van der Waals surface area (Å²) in [5.41, 5.74) is 7.15. The number of carbonyl (C=O) groups is 2. The summed E-state index contributed by atoms with van der Waals surface area (Å²) in [6, 6.07) is 7.67. The molecular formula is C18H24N4O3. The van der Waals surface area contributed by atoms with Gasteiger partial charge in [0, 0.05) is 42.3 Å². The smallest absolute Gasteiger partial charge is 0.242 e. The molecule has 0 bridgehead atoms. The number of amides is 2. The molecule has 1 saturated heterocycles. The quantitative estimate of drug-likeness (QED) is 0.823. The van der Waals surface area contributed by atoms with Gasteiger partial charge in [0.05, 0.1) is 13.2 Å². The van der Waals surface area contributed by atoms with Crippen molar-refractivity contribution in [3.8, 4) is 0 Å². The maximum atomic E-state index is 12.4. The Bertz CT molecular complexity index is 750. The third kappa shape index (κ3) is 4.37. The zero-order valence-electron chi connectivity index (χ0n) is 14.2. The van der Waals surface area contributed by atoms with Crippen molar-refractivity contribution < 1.29 is 14.3 Å². The number of morpholine rings is 1. The summed E-state index contributed by atoms with van der Waals surface area (Å²) in [4.78, 5) is 26.0. The molecule has 1 aromatic heterocycles. The van der Waals surface area contributed by atoms with Gasteiger partial charge in [-0.05, 0) is 37.2 Å². The average Bonchev–Trinajstić information content (AvgIpc) is 3.02. The maximum absolute atomic E-state index is 12.4. The lowest BCUT2D eigenvalue weighted by Gasteiger charge is -2.27. The van der Waals surface area contributed by atoms with Gasteiger partial charge < -0.3 is 25.3 Å². The molecule has 25 heavy (non-hydrogen) atoms. The molecule has 2 heterocycles. The minimum atomic E-state index is -0.0354. The van der Waals surface area contributed by atoms with Crippen LogP contribution in [0.4, 0.5) is 5.69 Å². The van der Waals surface area contributed by atoms with Gasteiger partial charge in [0.2, 0.25) is 11.8 Å². The van der Waals surface area contributed by atoms with E-state index in [2.05, 4.69) is 5.32 Å². The zero-order valence-corrected chi connectivity index (χ0v) is 14.2. The summed E-state index contributed by atoms with van der Waals surface area (Å²) in [6.07, 6.45) is 3.00. The summed E-state index contributed by atoms with van der Waals surface area (Å²) < 4.78 is 7.22. The molecule has 0 radical (unpaired) electrons. The molecule has 0 spiro atoms. The minimum Gasteiger partial charge on any atom is -0.378 e. The van der Waals surface area contributed by atoms with Gasteiger partial charge in [-0.3, -0.25) is 9.59 Å². The first kappa shape index (κ1) is 17.4. The fraction of sp³-hybridized carbons (Fsp3) is 0.444. The number of nitrogens with zero attached hydrogens (tertiary/aromatic N) is 2. The summed E-state index contributed by atoms with van der Waals surface area (Å²) >= 11 is 0. The van der Waals surface area contributed by atoms with Crippen LogP contribution >= 0.6 is 0 Å². The molecule has 1 fully saturated rings.